The number of hydrogen-bond acceptors (Lipinski definition) is 5. The Morgan fingerprint density at radius 3 is 2.51 bits per heavy atom. The van der Waals surface area contributed by atoms with Gasteiger partial charge in [0.25, 0.3) is 0 Å². The molecule has 2 aromatic rings. The molecule has 0 bridgehead atoms. The van der Waals surface area contributed by atoms with Crippen molar-refractivity contribution in [2.75, 3.05) is 13.1 Å². The van der Waals surface area contributed by atoms with Crippen molar-refractivity contribution in [3.05, 3.63) is 51.7 Å². The molecule has 0 saturated carbocycles. The lowest BCUT2D eigenvalue weighted by molar-refractivity contribution is -0.183. The van der Waals surface area contributed by atoms with E-state index in [1.54, 1.807) is 26.1 Å². The van der Waals surface area contributed by atoms with Crippen molar-refractivity contribution in [2.45, 2.75) is 77.7 Å². The maximum Gasteiger partial charge on any atom is 0.409 e. The standard InChI is InChI=1S/C25H33F4N3O2S/c1-16(2)34-22(33)31-21(25(27,28)29)24(11-10-19-8-9-20(26)35-19)12-13-32(15-24)23(4,5)18-7-6-17(3)30-14-18/h6-9,14,16,21H,10-13,15H2,1-5H3,(H,31,33)/t21-,24+/m0/s1. The van der Waals surface area contributed by atoms with Gasteiger partial charge in [-0.1, -0.05) is 6.07 Å². The normalized spacial score (nSPS) is 20.3. The van der Waals surface area contributed by atoms with Gasteiger partial charge in [0.2, 0.25) is 0 Å². The Morgan fingerprint density at radius 1 is 1.26 bits per heavy atom. The van der Waals surface area contributed by atoms with Crippen molar-refractivity contribution in [1.29, 1.82) is 0 Å². The van der Waals surface area contributed by atoms with Gasteiger partial charge < -0.3 is 10.1 Å². The van der Waals surface area contributed by atoms with Gasteiger partial charge in [-0.25, -0.2) is 4.79 Å². The van der Waals surface area contributed by atoms with Gasteiger partial charge >= 0.3 is 12.3 Å². The number of hydrogen-bond donors (Lipinski definition) is 1. The monoisotopic (exact) mass is 515 g/mol. The number of amides is 1. The van der Waals surface area contributed by atoms with Gasteiger partial charge in [-0.05, 0) is 84.2 Å². The number of rotatable bonds is 8. The van der Waals surface area contributed by atoms with Crippen LogP contribution in [0.15, 0.2) is 30.5 Å². The molecule has 5 nitrogen and oxygen atoms in total. The van der Waals surface area contributed by atoms with Gasteiger partial charge in [0.05, 0.1) is 6.10 Å². The Labute approximate surface area is 207 Å². The van der Waals surface area contributed by atoms with E-state index in [1.165, 1.54) is 6.07 Å². The van der Waals surface area contributed by atoms with E-state index in [1.807, 2.05) is 37.8 Å². The number of aromatic nitrogens is 1. The van der Waals surface area contributed by atoms with Crippen molar-refractivity contribution in [1.82, 2.24) is 15.2 Å². The van der Waals surface area contributed by atoms with Gasteiger partial charge in [-0.15, -0.1) is 11.3 Å². The minimum absolute atomic E-state index is 0.105. The fraction of sp³-hybridized carbons (Fsp3) is 0.600. The molecule has 0 spiro atoms. The largest absolute Gasteiger partial charge is 0.447 e. The quantitative estimate of drug-likeness (QED) is 0.425. The maximum absolute atomic E-state index is 14.5. The first-order valence-corrected chi connectivity index (χ1v) is 12.5. The fourth-order valence-electron chi connectivity index (χ4n) is 4.78. The number of pyridine rings is 1. The van der Waals surface area contributed by atoms with Crippen LogP contribution in [-0.4, -0.2) is 47.4 Å². The van der Waals surface area contributed by atoms with Crippen molar-refractivity contribution in [3.63, 3.8) is 0 Å². The van der Waals surface area contributed by atoms with Gasteiger partial charge in [0.15, 0.2) is 5.13 Å². The summed E-state index contributed by atoms with van der Waals surface area (Å²) in [5.74, 6) is 0. The first-order chi connectivity index (χ1) is 16.2. The highest BCUT2D eigenvalue weighted by atomic mass is 32.1. The predicted molar refractivity (Wildman–Crippen MR) is 128 cm³/mol. The van der Waals surface area contributed by atoms with Gasteiger partial charge in [-0.2, -0.15) is 17.6 Å². The smallest absolute Gasteiger partial charge is 0.409 e. The zero-order chi connectivity index (χ0) is 26.0. The van der Waals surface area contributed by atoms with E-state index in [0.29, 0.717) is 11.4 Å². The summed E-state index contributed by atoms with van der Waals surface area (Å²) < 4.78 is 62.0. The van der Waals surface area contributed by atoms with E-state index in [9.17, 15) is 22.4 Å². The second-order valence-electron chi connectivity index (χ2n) is 10.1. The molecule has 0 unspecified atom stereocenters. The van der Waals surface area contributed by atoms with Crippen molar-refractivity contribution in [2.24, 2.45) is 5.41 Å². The van der Waals surface area contributed by atoms with Crippen molar-refractivity contribution < 1.29 is 27.1 Å². The van der Waals surface area contributed by atoms with Crippen LogP contribution in [-0.2, 0) is 16.7 Å². The first-order valence-electron chi connectivity index (χ1n) is 11.7. The number of carbonyl (C=O) groups excluding carboxylic acids is 1. The zero-order valence-electron chi connectivity index (χ0n) is 20.7. The second-order valence-corrected chi connectivity index (χ2v) is 11.2. The average Bonchev–Trinajstić information content (AvgIpc) is 3.37. The summed E-state index contributed by atoms with van der Waals surface area (Å²) in [4.78, 5) is 19.4. The molecule has 2 aromatic heterocycles. The Balaban J connectivity index is 1.94. The number of aryl methyl sites for hydroxylation is 2. The molecule has 35 heavy (non-hydrogen) atoms. The number of carbonyl (C=O) groups is 1. The molecule has 3 rings (SSSR count). The number of nitrogens with zero attached hydrogens (tertiary/aromatic N) is 2. The van der Waals surface area contributed by atoms with Crippen LogP contribution in [0.4, 0.5) is 22.4 Å². The lowest BCUT2D eigenvalue weighted by Crippen LogP contribution is -2.58. The van der Waals surface area contributed by atoms with Crippen LogP contribution >= 0.6 is 11.3 Å². The summed E-state index contributed by atoms with van der Waals surface area (Å²) in [7, 11) is 0. The van der Waals surface area contributed by atoms with Crippen molar-refractivity contribution in [3.8, 4) is 0 Å². The molecule has 194 valence electrons. The highest BCUT2D eigenvalue weighted by molar-refractivity contribution is 7.10. The van der Waals surface area contributed by atoms with Crippen LogP contribution in [0.25, 0.3) is 0 Å². The lowest BCUT2D eigenvalue weighted by atomic mass is 9.74. The SMILES string of the molecule is Cc1ccc(C(C)(C)N2CC[C@@](CCc3ccc(F)s3)([C@H](NC(=O)OC(C)C)C(F)(F)F)C2)cn1. The number of alkyl halides is 3. The number of likely N-dealkylation sites (tertiary alicyclic amines) is 1. The summed E-state index contributed by atoms with van der Waals surface area (Å²) in [6.07, 6.45) is -3.95. The van der Waals surface area contributed by atoms with E-state index in [0.717, 1.165) is 22.6 Å². The van der Waals surface area contributed by atoms with E-state index in [2.05, 4.69) is 10.3 Å². The highest BCUT2D eigenvalue weighted by Crippen LogP contribution is 2.48. The third kappa shape index (κ3) is 6.52. The molecule has 0 aromatic carbocycles. The van der Waals surface area contributed by atoms with E-state index in [4.69, 9.17) is 4.74 Å². The summed E-state index contributed by atoms with van der Waals surface area (Å²) in [6, 6.07) is 4.64. The number of alkyl carbamates (subject to hydrolysis) is 1. The average molecular weight is 516 g/mol. The Morgan fingerprint density at radius 2 is 1.97 bits per heavy atom. The molecular weight excluding hydrogens is 482 g/mol. The number of halogens is 4. The minimum Gasteiger partial charge on any atom is -0.447 e. The second kappa shape index (κ2) is 10.4. The number of thiophene rings is 1. The maximum atomic E-state index is 14.5. The topological polar surface area (TPSA) is 54.5 Å². The Hall–Kier alpha value is -2.20. The van der Waals surface area contributed by atoms with Crippen LogP contribution < -0.4 is 5.32 Å². The molecule has 1 amide bonds. The molecule has 0 radical (unpaired) electrons. The molecule has 1 fully saturated rings. The minimum atomic E-state index is -4.69. The van der Waals surface area contributed by atoms with Crippen LogP contribution in [0, 0.1) is 17.5 Å². The van der Waals surface area contributed by atoms with E-state index in [-0.39, 0.29) is 30.9 Å². The molecule has 3 heterocycles. The highest BCUT2D eigenvalue weighted by Gasteiger charge is 2.58. The summed E-state index contributed by atoms with van der Waals surface area (Å²) in [5, 5.41) is 1.76. The molecule has 2 atom stereocenters. The van der Waals surface area contributed by atoms with Crippen LogP contribution in [0.5, 0.6) is 0 Å². The molecule has 1 N–H and O–H groups in total. The fourth-order valence-corrected chi connectivity index (χ4v) is 5.50. The molecule has 1 saturated heterocycles. The van der Waals surface area contributed by atoms with Gasteiger partial charge in [0.1, 0.15) is 6.04 Å². The molecule has 1 aliphatic rings. The van der Waals surface area contributed by atoms with E-state index >= 15 is 0 Å². The Bertz CT molecular complexity index is 1010. The Kier molecular flexibility index (Phi) is 8.16. The molecule has 1 aliphatic heterocycles. The third-order valence-electron chi connectivity index (χ3n) is 6.84. The zero-order valence-corrected chi connectivity index (χ0v) is 21.5. The predicted octanol–water partition coefficient (Wildman–Crippen LogP) is 6.22. The van der Waals surface area contributed by atoms with Crippen molar-refractivity contribution >= 4 is 17.4 Å². The molecular formula is C25H33F4N3O2S. The number of nitrogens with one attached hydrogen (secondary N) is 1. The van der Waals surface area contributed by atoms with Gasteiger partial charge in [-0.3, -0.25) is 9.88 Å². The van der Waals surface area contributed by atoms with Crippen LogP contribution in [0.1, 0.15) is 56.7 Å². The van der Waals surface area contributed by atoms with Gasteiger partial charge in [0, 0.05) is 34.3 Å². The summed E-state index contributed by atoms with van der Waals surface area (Å²) in [6.45, 7) is 9.49. The lowest BCUT2D eigenvalue weighted by Gasteiger charge is -2.42. The number of ether oxygens (including phenoxy) is 1. The van der Waals surface area contributed by atoms with Crippen LogP contribution in [0.3, 0.4) is 0 Å². The molecule has 10 heteroatoms. The van der Waals surface area contributed by atoms with E-state index < -0.39 is 35.4 Å². The third-order valence-corrected chi connectivity index (χ3v) is 7.77. The summed E-state index contributed by atoms with van der Waals surface area (Å²) >= 11 is 0.934. The molecule has 0 aliphatic carbocycles. The summed E-state index contributed by atoms with van der Waals surface area (Å²) in [5.41, 5.74) is -0.139. The van der Waals surface area contributed by atoms with Crippen LogP contribution in [0.2, 0.25) is 0 Å². The first kappa shape index (κ1) is 27.4.